The minimum Gasteiger partial charge on any atom is -0.742 e. The summed E-state index contributed by atoms with van der Waals surface area (Å²) in [7, 11) is -4.74. The van der Waals surface area contributed by atoms with Crippen LogP contribution in [0.4, 0.5) is 15.2 Å². The molecule has 186 valence electrons. The Kier molecular flexibility index (Phi) is 11.7. The molecule has 1 aliphatic rings. The third-order valence-corrected chi connectivity index (χ3v) is 6.69. The molecule has 2 aromatic carbocycles. The SMILES string of the molecule is Cc1cc(F)c(OP(=O)([O-])O[NH3+])c(C=O)c1.O=CNc1ncc(-c2cccc(N3CCCC3)c2)s1.[Na+]. The molecule has 0 saturated carbocycles. The summed E-state index contributed by atoms with van der Waals surface area (Å²) in [5.74, 6) is 0.990. The summed E-state index contributed by atoms with van der Waals surface area (Å²) in [5, 5.41) is 3.22. The molecule has 1 aliphatic heterocycles. The molecule has 4 N–H and O–H groups in total. The number of hydrogen-bond acceptors (Lipinski definition) is 9. The van der Waals surface area contributed by atoms with E-state index in [-0.39, 0.29) is 41.4 Å². The largest absolute Gasteiger partial charge is 1.00 e. The summed E-state index contributed by atoms with van der Waals surface area (Å²) < 4.78 is 32.3. The van der Waals surface area contributed by atoms with Crippen molar-refractivity contribution in [3.05, 3.63) is 59.5 Å². The van der Waals surface area contributed by atoms with Crippen LogP contribution in [0.3, 0.4) is 0 Å². The first-order chi connectivity index (χ1) is 16.8. The molecule has 1 saturated heterocycles. The van der Waals surface area contributed by atoms with Crippen molar-refractivity contribution in [3.8, 4) is 16.2 Å². The van der Waals surface area contributed by atoms with Gasteiger partial charge in [-0.3, -0.25) is 14.2 Å². The molecule has 4 rings (SSSR count). The van der Waals surface area contributed by atoms with Gasteiger partial charge in [-0.05, 0) is 55.2 Å². The number of benzene rings is 2. The van der Waals surface area contributed by atoms with Crippen molar-refractivity contribution in [2.24, 2.45) is 0 Å². The van der Waals surface area contributed by atoms with Gasteiger partial charge in [-0.2, -0.15) is 0 Å². The smallest absolute Gasteiger partial charge is 0.742 e. The van der Waals surface area contributed by atoms with E-state index in [2.05, 4.69) is 54.5 Å². The van der Waals surface area contributed by atoms with E-state index in [0.29, 0.717) is 17.1 Å². The number of hydrogen-bond donors (Lipinski definition) is 2. The molecule has 1 atom stereocenters. The second-order valence-electron chi connectivity index (χ2n) is 7.49. The maximum atomic E-state index is 13.3. The number of aryl methyl sites for hydroxylation is 1. The van der Waals surface area contributed by atoms with Gasteiger partial charge in [0.2, 0.25) is 6.41 Å². The van der Waals surface area contributed by atoms with Crippen LogP contribution in [0.2, 0.25) is 0 Å². The average molecular weight is 545 g/mol. The van der Waals surface area contributed by atoms with E-state index >= 15 is 0 Å². The van der Waals surface area contributed by atoms with Crippen LogP contribution in [-0.2, 0) is 14.0 Å². The molecule has 1 amide bonds. The van der Waals surface area contributed by atoms with Crippen molar-refractivity contribution >= 4 is 42.7 Å². The molecule has 1 unspecified atom stereocenters. The van der Waals surface area contributed by atoms with Crippen LogP contribution in [0.5, 0.6) is 5.75 Å². The van der Waals surface area contributed by atoms with Gasteiger partial charge in [-0.25, -0.2) is 15.3 Å². The first kappa shape index (κ1) is 30.1. The van der Waals surface area contributed by atoms with E-state index in [9.17, 15) is 23.4 Å². The van der Waals surface area contributed by atoms with Gasteiger partial charge in [0.05, 0.1) is 10.4 Å². The van der Waals surface area contributed by atoms with Crippen molar-refractivity contribution in [1.82, 2.24) is 4.98 Å². The van der Waals surface area contributed by atoms with Gasteiger partial charge < -0.3 is 19.6 Å². The van der Waals surface area contributed by atoms with Crippen LogP contribution in [0.1, 0.15) is 28.8 Å². The monoisotopic (exact) mass is 545 g/mol. The molecule has 0 radical (unpaired) electrons. The van der Waals surface area contributed by atoms with Crippen LogP contribution >= 0.6 is 19.2 Å². The van der Waals surface area contributed by atoms with Crippen LogP contribution < -0.4 is 55.1 Å². The van der Waals surface area contributed by atoms with Gasteiger partial charge in [-0.1, -0.05) is 23.5 Å². The van der Waals surface area contributed by atoms with E-state index in [1.165, 1.54) is 35.9 Å². The molecule has 0 bridgehead atoms. The fraction of sp³-hybridized carbons (Fsp3) is 0.227. The van der Waals surface area contributed by atoms with E-state index in [1.807, 2.05) is 0 Å². The third-order valence-electron chi connectivity index (χ3n) is 4.99. The number of carbonyl (C=O) groups excluding carboxylic acids is 2. The number of carbonyl (C=O) groups is 2. The van der Waals surface area contributed by atoms with Gasteiger partial charge in [0.15, 0.2) is 23.0 Å². The zero-order chi connectivity index (χ0) is 25.4. The topological polar surface area (TPSA) is 149 Å². The van der Waals surface area contributed by atoms with E-state index in [4.69, 9.17) is 0 Å². The predicted molar refractivity (Wildman–Crippen MR) is 127 cm³/mol. The fourth-order valence-electron chi connectivity index (χ4n) is 3.43. The molecular weight excluding hydrogens is 521 g/mol. The molecular formula is C22H24FN4NaO6PS+. The average Bonchev–Trinajstić information content (AvgIpc) is 3.54. The quantitative estimate of drug-likeness (QED) is 0.173. The molecule has 0 aliphatic carbocycles. The summed E-state index contributed by atoms with van der Waals surface area (Å²) >= 11 is 1.49. The Hall–Kier alpha value is -2.15. The molecule has 10 nitrogen and oxygen atoms in total. The minimum atomic E-state index is -4.74. The maximum Gasteiger partial charge on any atom is 1.00 e. The van der Waals surface area contributed by atoms with Crippen LogP contribution in [0, 0.1) is 12.7 Å². The summed E-state index contributed by atoms with van der Waals surface area (Å²) in [6.07, 6.45) is 5.30. The molecule has 2 heterocycles. The summed E-state index contributed by atoms with van der Waals surface area (Å²) in [6.45, 7) is 3.84. The fourth-order valence-corrected chi connectivity index (χ4v) is 4.67. The van der Waals surface area contributed by atoms with E-state index in [0.717, 1.165) is 29.6 Å². The molecule has 3 aromatic rings. The Morgan fingerprint density at radius 2 is 1.97 bits per heavy atom. The van der Waals surface area contributed by atoms with Gasteiger partial charge in [-0.15, -0.1) is 4.62 Å². The molecule has 1 fully saturated rings. The Morgan fingerprint density at radius 1 is 1.25 bits per heavy atom. The Bertz CT molecular complexity index is 1240. The van der Waals surface area contributed by atoms with E-state index < -0.39 is 19.4 Å². The van der Waals surface area contributed by atoms with Crippen LogP contribution in [0.15, 0.2) is 42.6 Å². The van der Waals surface area contributed by atoms with Gasteiger partial charge in [0.1, 0.15) is 0 Å². The zero-order valence-electron chi connectivity index (χ0n) is 19.8. The summed E-state index contributed by atoms with van der Waals surface area (Å²) in [5.41, 5.74) is 2.67. The molecule has 1 aromatic heterocycles. The first-order valence-corrected chi connectivity index (χ1v) is 12.7. The van der Waals surface area contributed by atoms with Crippen molar-refractivity contribution in [2.75, 3.05) is 23.3 Å². The number of quaternary nitrogens is 1. The molecule has 36 heavy (non-hydrogen) atoms. The number of phosphoric acid groups is 1. The number of anilines is 2. The number of phosphoric ester groups is 1. The van der Waals surface area contributed by atoms with Crippen LogP contribution in [0.25, 0.3) is 10.4 Å². The second kappa shape index (κ2) is 14.0. The first-order valence-electron chi connectivity index (χ1n) is 10.5. The third kappa shape index (κ3) is 8.19. The molecule has 0 spiro atoms. The van der Waals surface area contributed by atoms with Crippen molar-refractivity contribution < 1.29 is 68.0 Å². The number of rotatable bonds is 8. The normalized spacial score (nSPS) is 14.1. The van der Waals surface area contributed by atoms with Crippen molar-refractivity contribution in [3.63, 3.8) is 0 Å². The maximum absolute atomic E-state index is 13.3. The van der Waals surface area contributed by atoms with E-state index in [1.54, 1.807) is 13.1 Å². The molecule has 14 heteroatoms. The number of nitrogens with one attached hydrogen (secondary N) is 1. The van der Waals surface area contributed by atoms with Crippen molar-refractivity contribution in [1.29, 1.82) is 0 Å². The van der Waals surface area contributed by atoms with Crippen LogP contribution in [-0.4, -0.2) is 30.8 Å². The Balaban J connectivity index is 0.000000251. The van der Waals surface area contributed by atoms with Gasteiger partial charge in [0, 0.05) is 25.0 Å². The number of aldehydes is 1. The minimum absolute atomic E-state index is 0. The predicted octanol–water partition coefficient (Wildman–Crippen LogP) is -0.0501. The summed E-state index contributed by atoms with van der Waals surface area (Å²) in [6, 6.07) is 10.8. The number of aromatic nitrogens is 1. The summed E-state index contributed by atoms with van der Waals surface area (Å²) in [4.78, 5) is 39.6. The Morgan fingerprint density at radius 3 is 2.61 bits per heavy atom. The second-order valence-corrected chi connectivity index (χ2v) is 9.85. The van der Waals surface area contributed by atoms with Gasteiger partial charge >= 0.3 is 37.4 Å². The number of thiazole rings is 1. The zero-order valence-corrected chi connectivity index (χ0v) is 23.5. The Labute approximate surface area is 233 Å². The number of amides is 1. The number of halogens is 1. The van der Waals surface area contributed by atoms with Gasteiger partial charge in [0.25, 0.3) is 0 Å². The van der Waals surface area contributed by atoms with Crippen molar-refractivity contribution in [2.45, 2.75) is 19.8 Å². The standard InChI is InChI=1S/C14H15N3OS.C8H9FNO5P.Na/c18-10-16-14-15-9-13(19-14)11-4-3-5-12(8-11)17-6-1-2-7-17;1-5-2-6(4-11)8(7(9)3-5)14-16(12,13)15-10;/h3-5,8-10H,1-2,6-7H2,(H,15,16,18);2-4H,1,10H3;/q;;+1. The number of nitrogens with zero attached hydrogens (tertiary/aromatic N) is 2.